The van der Waals surface area contributed by atoms with Crippen LogP contribution >= 0.6 is 22.6 Å². The van der Waals surface area contributed by atoms with Gasteiger partial charge in [-0.1, -0.05) is 32.0 Å². The molecule has 2 aromatic carbocycles. The smallest absolute Gasteiger partial charge is 0.282 e. The molecule has 0 aliphatic heterocycles. The van der Waals surface area contributed by atoms with Crippen LogP contribution in [0.1, 0.15) is 25.3 Å². The van der Waals surface area contributed by atoms with Crippen molar-refractivity contribution in [2.75, 3.05) is 0 Å². The van der Waals surface area contributed by atoms with Crippen molar-refractivity contribution in [3.63, 3.8) is 0 Å². The van der Waals surface area contributed by atoms with E-state index in [1.807, 2.05) is 0 Å². The summed E-state index contributed by atoms with van der Waals surface area (Å²) in [6.45, 7) is 4.42. The van der Waals surface area contributed by atoms with Gasteiger partial charge in [0.2, 0.25) is 0 Å². The molecule has 0 unspecified atom stereocenters. The third-order valence-electron chi connectivity index (χ3n) is 2.86. The van der Waals surface area contributed by atoms with Gasteiger partial charge in [0, 0.05) is 15.7 Å². The molecule has 0 radical (unpaired) electrons. The van der Waals surface area contributed by atoms with E-state index in [-0.39, 0.29) is 5.69 Å². The van der Waals surface area contributed by atoms with Crippen molar-refractivity contribution >= 4 is 38.4 Å². The third-order valence-corrected chi connectivity index (χ3v) is 4.43. The summed E-state index contributed by atoms with van der Waals surface area (Å²) in [7, 11) is -4.36. The highest BCUT2D eigenvalue weighted by molar-refractivity contribution is 14.1. The Labute approximate surface area is 148 Å². The van der Waals surface area contributed by atoms with Crippen molar-refractivity contribution in [2.45, 2.75) is 24.7 Å². The average molecular weight is 449 g/mol. The van der Waals surface area contributed by atoms with Crippen LogP contribution in [-0.2, 0) is 10.1 Å². The Morgan fingerprint density at radius 2 is 1.70 bits per heavy atom. The number of non-ortho nitro benzene ring substituents is 1. The molecule has 2 aromatic rings. The topological polar surface area (TPSA) is 97.5 Å². The molecule has 1 N–H and O–H groups in total. The van der Waals surface area contributed by atoms with E-state index < -0.39 is 19.9 Å². The van der Waals surface area contributed by atoms with E-state index in [0.717, 1.165) is 18.2 Å². The highest BCUT2D eigenvalue weighted by Crippen LogP contribution is 2.16. The first kappa shape index (κ1) is 19.5. The molecule has 0 aromatic heterocycles. The zero-order valence-electron chi connectivity index (χ0n) is 12.5. The standard InChI is InChI=1S/C9H11I.C6H5NO5S/c1-7(2)8-3-5-9(10)6-4-8;8-7(9)5-2-1-3-6(4-5)13(10,11)12/h3-7H,1-2H3;1-4H,(H,10,11,12). The highest BCUT2D eigenvalue weighted by atomic mass is 127. The fourth-order valence-electron chi connectivity index (χ4n) is 1.61. The van der Waals surface area contributed by atoms with Crippen molar-refractivity contribution in [1.29, 1.82) is 0 Å². The van der Waals surface area contributed by atoms with Gasteiger partial charge in [0.25, 0.3) is 15.8 Å². The van der Waals surface area contributed by atoms with Gasteiger partial charge < -0.3 is 0 Å². The average Bonchev–Trinajstić information content (AvgIpc) is 2.47. The Hall–Kier alpha value is -1.52. The summed E-state index contributed by atoms with van der Waals surface area (Å²) < 4.78 is 30.9. The fraction of sp³-hybridized carbons (Fsp3) is 0.200. The lowest BCUT2D eigenvalue weighted by Gasteiger charge is -2.03. The van der Waals surface area contributed by atoms with Crippen LogP contribution in [0.5, 0.6) is 0 Å². The Bertz CT molecular complexity index is 773. The third kappa shape index (κ3) is 6.63. The zero-order valence-corrected chi connectivity index (χ0v) is 15.5. The number of nitro benzene ring substituents is 1. The minimum atomic E-state index is -4.36. The molecule has 0 aliphatic rings. The minimum absolute atomic E-state index is 0.380. The van der Waals surface area contributed by atoms with Crippen molar-refractivity contribution in [3.8, 4) is 0 Å². The quantitative estimate of drug-likeness (QED) is 0.327. The van der Waals surface area contributed by atoms with Crippen molar-refractivity contribution < 1.29 is 17.9 Å². The lowest BCUT2D eigenvalue weighted by atomic mass is 10.0. The monoisotopic (exact) mass is 449 g/mol. The second kappa shape index (κ2) is 8.37. The van der Waals surface area contributed by atoms with Crippen molar-refractivity contribution in [1.82, 2.24) is 0 Å². The van der Waals surface area contributed by atoms with Crippen LogP contribution in [-0.4, -0.2) is 17.9 Å². The Kier molecular flexibility index (Phi) is 7.10. The Morgan fingerprint density at radius 1 is 1.13 bits per heavy atom. The van der Waals surface area contributed by atoms with Crippen LogP contribution in [0.25, 0.3) is 0 Å². The first-order valence-electron chi connectivity index (χ1n) is 6.58. The molecule has 2 rings (SSSR count). The Morgan fingerprint density at radius 3 is 2.13 bits per heavy atom. The van der Waals surface area contributed by atoms with Gasteiger partial charge in [-0.25, -0.2) is 0 Å². The molecular formula is C15H16INO5S. The number of rotatable bonds is 3. The van der Waals surface area contributed by atoms with Crippen LogP contribution in [0.2, 0.25) is 0 Å². The van der Waals surface area contributed by atoms with Crippen molar-refractivity contribution in [2.24, 2.45) is 0 Å². The van der Waals surface area contributed by atoms with Crippen LogP contribution in [0.3, 0.4) is 0 Å². The maximum absolute atomic E-state index is 10.5. The summed E-state index contributed by atoms with van der Waals surface area (Å²) in [5, 5.41) is 10.2. The fourth-order valence-corrected chi connectivity index (χ4v) is 2.49. The summed E-state index contributed by atoms with van der Waals surface area (Å²) in [4.78, 5) is 8.98. The molecule has 0 heterocycles. The van der Waals surface area contributed by atoms with Gasteiger partial charge >= 0.3 is 0 Å². The van der Waals surface area contributed by atoms with Crippen LogP contribution < -0.4 is 0 Å². The number of hydrogen-bond acceptors (Lipinski definition) is 4. The van der Waals surface area contributed by atoms with Crippen LogP contribution in [0, 0.1) is 13.7 Å². The van der Waals surface area contributed by atoms with E-state index in [0.29, 0.717) is 5.92 Å². The number of halogens is 1. The normalized spacial score (nSPS) is 10.8. The predicted octanol–water partition coefficient (Wildman–Crippen LogP) is 4.26. The molecule has 0 spiro atoms. The molecule has 0 saturated carbocycles. The minimum Gasteiger partial charge on any atom is -0.282 e. The van der Waals surface area contributed by atoms with E-state index in [4.69, 9.17) is 4.55 Å². The van der Waals surface area contributed by atoms with E-state index in [1.54, 1.807) is 0 Å². The second-order valence-corrected chi connectivity index (χ2v) is 7.60. The SMILES string of the molecule is CC(C)c1ccc(I)cc1.O=[N+]([O-])c1cccc(S(=O)(=O)O)c1. The number of nitro groups is 1. The molecule has 0 atom stereocenters. The molecule has 8 heteroatoms. The summed E-state index contributed by atoms with van der Waals surface area (Å²) in [6, 6.07) is 12.8. The lowest BCUT2D eigenvalue weighted by molar-refractivity contribution is -0.385. The van der Waals surface area contributed by atoms with E-state index >= 15 is 0 Å². The van der Waals surface area contributed by atoms with Crippen LogP contribution in [0.15, 0.2) is 53.4 Å². The van der Waals surface area contributed by atoms with Gasteiger partial charge in [0.15, 0.2) is 0 Å². The predicted molar refractivity (Wildman–Crippen MR) is 96.2 cm³/mol. The van der Waals surface area contributed by atoms with E-state index in [9.17, 15) is 18.5 Å². The number of nitrogens with zero attached hydrogens (tertiary/aromatic N) is 1. The van der Waals surface area contributed by atoms with Gasteiger partial charge in [-0.3, -0.25) is 14.7 Å². The first-order chi connectivity index (χ1) is 10.6. The first-order valence-corrected chi connectivity index (χ1v) is 9.10. The molecule has 0 amide bonds. The molecule has 6 nitrogen and oxygen atoms in total. The van der Waals surface area contributed by atoms with Gasteiger partial charge in [0.05, 0.1) is 4.92 Å². The summed E-state index contributed by atoms with van der Waals surface area (Å²) in [5.41, 5.74) is 1.04. The van der Waals surface area contributed by atoms with Gasteiger partial charge in [0.1, 0.15) is 4.90 Å². The maximum Gasteiger partial charge on any atom is 0.294 e. The number of hydrogen-bond donors (Lipinski definition) is 1. The number of benzene rings is 2. The molecule has 0 fully saturated rings. The second-order valence-electron chi connectivity index (χ2n) is 4.94. The highest BCUT2D eigenvalue weighted by Gasteiger charge is 2.13. The molecule has 0 bridgehead atoms. The molecule has 23 heavy (non-hydrogen) atoms. The summed E-state index contributed by atoms with van der Waals surface area (Å²) in [6.07, 6.45) is 0. The summed E-state index contributed by atoms with van der Waals surface area (Å²) in [5.74, 6) is 0.650. The molecule has 124 valence electrons. The maximum atomic E-state index is 10.5. The van der Waals surface area contributed by atoms with Gasteiger partial charge in [-0.15, -0.1) is 0 Å². The van der Waals surface area contributed by atoms with Gasteiger partial charge in [-0.05, 0) is 52.3 Å². The van der Waals surface area contributed by atoms with E-state index in [1.165, 1.54) is 15.2 Å². The molecule has 0 saturated heterocycles. The lowest BCUT2D eigenvalue weighted by Crippen LogP contribution is -1.98. The molecular weight excluding hydrogens is 433 g/mol. The van der Waals surface area contributed by atoms with Crippen LogP contribution in [0.4, 0.5) is 5.69 Å². The molecule has 0 aliphatic carbocycles. The summed E-state index contributed by atoms with van der Waals surface area (Å²) >= 11 is 2.32. The largest absolute Gasteiger partial charge is 0.294 e. The zero-order chi connectivity index (χ0) is 17.6. The van der Waals surface area contributed by atoms with Crippen molar-refractivity contribution in [3.05, 3.63) is 67.8 Å². The van der Waals surface area contributed by atoms with Gasteiger partial charge in [-0.2, -0.15) is 8.42 Å². The Balaban J connectivity index is 0.000000238. The van der Waals surface area contributed by atoms with E-state index in [2.05, 4.69) is 60.7 Å².